The van der Waals surface area contributed by atoms with E-state index in [0.29, 0.717) is 30.3 Å². The van der Waals surface area contributed by atoms with Crippen LogP contribution in [0, 0.1) is 0 Å². The van der Waals surface area contributed by atoms with E-state index in [9.17, 15) is 33.0 Å². The van der Waals surface area contributed by atoms with Crippen LogP contribution in [0.4, 0.5) is 19.0 Å². The number of methoxy groups -OCH3 is 1. The Hall–Kier alpha value is -4.03. The minimum atomic E-state index is -4.47. The lowest BCUT2D eigenvalue weighted by Gasteiger charge is -2.33. The van der Waals surface area contributed by atoms with Crippen LogP contribution >= 0.6 is 0 Å². The fourth-order valence-electron chi connectivity index (χ4n) is 3.53. The second-order valence-electron chi connectivity index (χ2n) is 8.15. The third kappa shape index (κ3) is 7.24. The lowest BCUT2D eigenvalue weighted by molar-refractivity contribution is -0.141. The highest BCUT2D eigenvalue weighted by molar-refractivity contribution is 5.95. The van der Waals surface area contributed by atoms with Gasteiger partial charge in [0, 0.05) is 18.7 Å². The van der Waals surface area contributed by atoms with Crippen LogP contribution < -0.4 is 5.73 Å². The van der Waals surface area contributed by atoms with Crippen molar-refractivity contribution in [3.05, 3.63) is 77.7 Å². The van der Waals surface area contributed by atoms with E-state index in [1.165, 1.54) is 7.11 Å². The average molecular weight is 518 g/mol. The van der Waals surface area contributed by atoms with Gasteiger partial charge in [0.25, 0.3) is 5.91 Å². The van der Waals surface area contributed by atoms with E-state index < -0.39 is 24.1 Å². The molecule has 0 bridgehead atoms. The van der Waals surface area contributed by atoms with Gasteiger partial charge in [-0.3, -0.25) is 9.78 Å². The molecule has 9 nitrogen and oxygen atoms in total. The molecule has 196 valence electrons. The summed E-state index contributed by atoms with van der Waals surface area (Å²) < 4.78 is 40.1. The van der Waals surface area contributed by atoms with Crippen LogP contribution in [0.3, 0.4) is 0 Å². The highest BCUT2D eigenvalue weighted by atomic mass is 19.4. The minimum absolute atomic E-state index is 0.136. The zero-order valence-electron chi connectivity index (χ0n) is 19.7. The normalized spacial score (nSPS) is 17.4. The van der Waals surface area contributed by atoms with Gasteiger partial charge in [-0.25, -0.2) is 9.78 Å². The molecule has 12 heteroatoms. The van der Waals surface area contributed by atoms with E-state index in [2.05, 4.69) is 14.7 Å². The number of anilines is 1. The first kappa shape index (κ1) is 27.6. The van der Waals surface area contributed by atoms with E-state index in [4.69, 9.17) is 5.73 Å². The van der Waals surface area contributed by atoms with Crippen molar-refractivity contribution in [3.8, 4) is 11.1 Å². The summed E-state index contributed by atoms with van der Waals surface area (Å²) in [6, 6.07) is 14.2. The van der Waals surface area contributed by atoms with Gasteiger partial charge in [0.15, 0.2) is 5.69 Å². The Labute approximate surface area is 210 Å². The van der Waals surface area contributed by atoms with Crippen LogP contribution in [0.1, 0.15) is 32.8 Å². The monoisotopic (exact) mass is 518 g/mol. The SMILES string of the molecule is COC(=O)c1ccc(-c2ccc(C(=O)N3CCC(O)C(O)C3)cc2)cc1.Nc1cncc(C(F)(F)F)n1. The number of esters is 1. The number of aliphatic hydroxyl groups is 2. The molecule has 1 saturated heterocycles. The Morgan fingerprint density at radius 2 is 1.54 bits per heavy atom. The molecule has 2 unspecified atom stereocenters. The van der Waals surface area contributed by atoms with Crippen LogP contribution in [0.25, 0.3) is 11.1 Å². The lowest BCUT2D eigenvalue weighted by atomic mass is 10.0. The molecule has 4 N–H and O–H groups in total. The quantitative estimate of drug-likeness (QED) is 0.450. The summed E-state index contributed by atoms with van der Waals surface area (Å²) in [6.07, 6.45) is -4.10. The summed E-state index contributed by atoms with van der Waals surface area (Å²) in [5.74, 6) is -0.783. The molecule has 37 heavy (non-hydrogen) atoms. The summed E-state index contributed by atoms with van der Waals surface area (Å²) in [4.78, 5) is 31.8. The number of hydrogen-bond donors (Lipinski definition) is 3. The molecule has 0 aliphatic carbocycles. The Kier molecular flexibility index (Phi) is 8.79. The maximum Gasteiger partial charge on any atom is 0.434 e. The highest BCUT2D eigenvalue weighted by Crippen LogP contribution is 2.27. The molecule has 2 aromatic carbocycles. The number of ether oxygens (including phenoxy) is 1. The molecule has 1 aliphatic rings. The minimum Gasteiger partial charge on any atom is -0.465 e. The van der Waals surface area contributed by atoms with E-state index in [0.717, 1.165) is 17.3 Å². The number of carbonyl (C=O) groups excluding carboxylic acids is 2. The second-order valence-corrected chi connectivity index (χ2v) is 8.15. The first-order valence-electron chi connectivity index (χ1n) is 11.1. The number of hydrogen-bond acceptors (Lipinski definition) is 8. The number of nitrogens with two attached hydrogens (primary N) is 1. The largest absolute Gasteiger partial charge is 0.465 e. The molecular formula is C25H25F3N4O5. The van der Waals surface area contributed by atoms with Crippen LogP contribution in [-0.2, 0) is 10.9 Å². The smallest absolute Gasteiger partial charge is 0.434 e. The number of aliphatic hydroxyl groups excluding tert-OH is 2. The average Bonchev–Trinajstić information content (AvgIpc) is 2.89. The molecule has 1 aliphatic heterocycles. The van der Waals surface area contributed by atoms with Gasteiger partial charge in [0.05, 0.1) is 37.3 Å². The van der Waals surface area contributed by atoms with E-state index in [1.54, 1.807) is 29.2 Å². The van der Waals surface area contributed by atoms with Crippen molar-refractivity contribution >= 4 is 17.7 Å². The molecule has 0 saturated carbocycles. The Morgan fingerprint density at radius 1 is 0.973 bits per heavy atom. The number of amides is 1. The van der Waals surface area contributed by atoms with Gasteiger partial charge < -0.3 is 25.6 Å². The Bertz CT molecular complexity index is 1220. The number of nitrogen functional groups attached to an aromatic ring is 1. The predicted molar refractivity (Wildman–Crippen MR) is 127 cm³/mol. The molecule has 3 aromatic rings. The summed E-state index contributed by atoms with van der Waals surface area (Å²) in [6.45, 7) is 0.560. The topological polar surface area (TPSA) is 139 Å². The fourth-order valence-corrected chi connectivity index (χ4v) is 3.53. The number of piperidine rings is 1. The predicted octanol–water partition coefficient (Wildman–Crippen LogP) is 2.79. The maximum absolute atomic E-state index is 12.5. The van der Waals surface area contributed by atoms with Gasteiger partial charge in [0.1, 0.15) is 5.82 Å². The zero-order valence-corrected chi connectivity index (χ0v) is 19.7. The fraction of sp³-hybridized carbons (Fsp3) is 0.280. The van der Waals surface area contributed by atoms with Gasteiger partial charge in [0.2, 0.25) is 0 Å². The third-order valence-electron chi connectivity index (χ3n) is 5.55. The Morgan fingerprint density at radius 3 is 2.00 bits per heavy atom. The Balaban J connectivity index is 0.000000289. The molecule has 2 heterocycles. The molecule has 1 aromatic heterocycles. The number of alkyl halides is 3. The van der Waals surface area contributed by atoms with Crippen molar-refractivity contribution in [1.82, 2.24) is 14.9 Å². The third-order valence-corrected chi connectivity index (χ3v) is 5.55. The van der Waals surface area contributed by atoms with Gasteiger partial charge in [-0.2, -0.15) is 13.2 Å². The van der Waals surface area contributed by atoms with Crippen LogP contribution in [0.2, 0.25) is 0 Å². The number of likely N-dealkylation sites (tertiary alicyclic amines) is 1. The maximum atomic E-state index is 12.5. The first-order chi connectivity index (χ1) is 17.5. The first-order valence-corrected chi connectivity index (χ1v) is 11.1. The van der Waals surface area contributed by atoms with Gasteiger partial charge in [-0.15, -0.1) is 0 Å². The van der Waals surface area contributed by atoms with Crippen LogP contribution in [0.15, 0.2) is 60.9 Å². The second kappa shape index (κ2) is 11.8. The van der Waals surface area contributed by atoms with Crippen LogP contribution in [-0.4, -0.2) is 69.4 Å². The molecule has 4 rings (SSSR count). The number of rotatable bonds is 3. The summed E-state index contributed by atoms with van der Waals surface area (Å²) in [7, 11) is 1.34. The molecule has 0 spiro atoms. The highest BCUT2D eigenvalue weighted by Gasteiger charge is 2.33. The summed E-state index contributed by atoms with van der Waals surface area (Å²) >= 11 is 0. The number of aromatic nitrogens is 2. The van der Waals surface area contributed by atoms with Gasteiger partial charge in [-0.05, 0) is 41.8 Å². The zero-order chi connectivity index (χ0) is 27.2. The standard InChI is InChI=1S/C20H21NO5.C5H4F3N3/c1-26-20(25)16-8-4-14(5-9-16)13-2-6-15(7-3-13)19(24)21-11-10-17(22)18(23)12-21;6-5(7,8)3-1-10-2-4(9)11-3/h2-9,17-18,22-23H,10-12H2,1H3;1-2H,(H2,9,11). The van der Waals surface area contributed by atoms with Crippen molar-refractivity contribution in [2.45, 2.75) is 24.8 Å². The number of benzene rings is 2. The van der Waals surface area contributed by atoms with E-state index in [1.807, 2.05) is 24.3 Å². The molecule has 1 amide bonds. The molecule has 2 atom stereocenters. The number of halogens is 3. The summed E-state index contributed by atoms with van der Waals surface area (Å²) in [5, 5.41) is 19.3. The van der Waals surface area contributed by atoms with Crippen molar-refractivity contribution in [1.29, 1.82) is 0 Å². The number of β-amino-alcohol motifs (C(OH)–C–C–N with tert-alkyl or cyclic N) is 1. The van der Waals surface area contributed by atoms with E-state index >= 15 is 0 Å². The van der Waals surface area contributed by atoms with Crippen molar-refractivity contribution in [3.63, 3.8) is 0 Å². The summed E-state index contributed by atoms with van der Waals surface area (Å²) in [5.41, 5.74) is 6.77. The van der Waals surface area contributed by atoms with Gasteiger partial charge in [-0.1, -0.05) is 24.3 Å². The molecule has 1 fully saturated rings. The van der Waals surface area contributed by atoms with Crippen molar-refractivity contribution in [2.75, 3.05) is 25.9 Å². The van der Waals surface area contributed by atoms with Gasteiger partial charge >= 0.3 is 12.1 Å². The lowest BCUT2D eigenvalue weighted by Crippen LogP contribution is -2.48. The van der Waals surface area contributed by atoms with Crippen LogP contribution in [0.5, 0.6) is 0 Å². The number of nitrogens with zero attached hydrogens (tertiary/aromatic N) is 3. The molecule has 0 radical (unpaired) electrons. The van der Waals surface area contributed by atoms with E-state index in [-0.39, 0.29) is 24.2 Å². The van der Waals surface area contributed by atoms with Crippen molar-refractivity contribution < 1.29 is 37.7 Å². The number of carbonyl (C=O) groups is 2. The molecular weight excluding hydrogens is 493 g/mol. The van der Waals surface area contributed by atoms with Crippen molar-refractivity contribution in [2.24, 2.45) is 0 Å².